The molecule has 1 fully saturated rings. The van der Waals surface area contributed by atoms with Crippen molar-refractivity contribution in [1.29, 1.82) is 0 Å². The first-order valence-electron chi connectivity index (χ1n) is 8.30. The van der Waals surface area contributed by atoms with Crippen molar-refractivity contribution in [2.24, 2.45) is 0 Å². The molecule has 3 rings (SSSR count). The van der Waals surface area contributed by atoms with Crippen LogP contribution in [0.15, 0.2) is 42.5 Å². The first-order chi connectivity index (χ1) is 11.0. The van der Waals surface area contributed by atoms with Crippen LogP contribution in [0.4, 0.5) is 5.69 Å². The monoisotopic (exact) mass is 346 g/mol. The SMILES string of the molecule is Cc1ccc(C)c(C2CN(Cc3cccc(N)c3)C(C)CO2)c1.Cl. The molecule has 0 amide bonds. The molecule has 1 aliphatic heterocycles. The number of benzene rings is 2. The number of morpholine rings is 1. The molecule has 2 aromatic carbocycles. The van der Waals surface area contributed by atoms with Crippen LogP contribution in [0.5, 0.6) is 0 Å². The van der Waals surface area contributed by atoms with E-state index in [1.165, 1.54) is 22.3 Å². The third-order valence-corrected chi connectivity index (χ3v) is 4.68. The van der Waals surface area contributed by atoms with Gasteiger partial charge in [0.1, 0.15) is 0 Å². The van der Waals surface area contributed by atoms with E-state index in [2.05, 4.69) is 56.0 Å². The molecule has 2 unspecified atom stereocenters. The van der Waals surface area contributed by atoms with E-state index in [9.17, 15) is 0 Å². The Hall–Kier alpha value is -1.55. The van der Waals surface area contributed by atoms with Crippen LogP contribution in [0.3, 0.4) is 0 Å². The van der Waals surface area contributed by atoms with Gasteiger partial charge in [-0.05, 0) is 49.6 Å². The average Bonchev–Trinajstić information content (AvgIpc) is 2.52. The van der Waals surface area contributed by atoms with E-state index in [0.29, 0.717) is 6.04 Å². The van der Waals surface area contributed by atoms with Crippen LogP contribution >= 0.6 is 12.4 Å². The standard InChI is InChI=1S/C20H26N2O.ClH/c1-14-7-8-15(2)19(9-14)20-12-22(16(3)13-23-20)11-17-5-4-6-18(21)10-17;/h4-10,16,20H,11-13,21H2,1-3H3;1H. The fraction of sp³-hybridized carbons (Fsp3) is 0.400. The molecule has 0 aromatic heterocycles. The lowest BCUT2D eigenvalue weighted by Gasteiger charge is -2.38. The molecular weight excluding hydrogens is 320 g/mol. The fourth-order valence-electron chi connectivity index (χ4n) is 3.25. The maximum absolute atomic E-state index is 6.14. The van der Waals surface area contributed by atoms with E-state index >= 15 is 0 Å². The van der Waals surface area contributed by atoms with E-state index in [-0.39, 0.29) is 18.5 Å². The number of nitrogens with two attached hydrogens (primary N) is 1. The second kappa shape index (κ2) is 8.02. The number of anilines is 1. The van der Waals surface area contributed by atoms with Gasteiger partial charge in [0.25, 0.3) is 0 Å². The summed E-state index contributed by atoms with van der Waals surface area (Å²) < 4.78 is 6.14. The van der Waals surface area contributed by atoms with Crippen LogP contribution in [0, 0.1) is 13.8 Å². The van der Waals surface area contributed by atoms with Crippen molar-refractivity contribution in [3.8, 4) is 0 Å². The number of hydrogen-bond acceptors (Lipinski definition) is 3. The lowest BCUT2D eigenvalue weighted by Crippen LogP contribution is -2.44. The maximum atomic E-state index is 6.14. The van der Waals surface area contributed by atoms with Crippen molar-refractivity contribution in [3.63, 3.8) is 0 Å². The van der Waals surface area contributed by atoms with E-state index in [4.69, 9.17) is 10.5 Å². The van der Waals surface area contributed by atoms with E-state index in [1.54, 1.807) is 0 Å². The zero-order valence-electron chi connectivity index (χ0n) is 14.7. The molecule has 0 saturated carbocycles. The highest BCUT2D eigenvalue weighted by Gasteiger charge is 2.28. The van der Waals surface area contributed by atoms with Crippen LogP contribution < -0.4 is 5.73 Å². The van der Waals surface area contributed by atoms with Crippen LogP contribution in [0.25, 0.3) is 0 Å². The third-order valence-electron chi connectivity index (χ3n) is 4.68. The summed E-state index contributed by atoms with van der Waals surface area (Å²) in [5.41, 5.74) is 11.9. The maximum Gasteiger partial charge on any atom is 0.0955 e. The summed E-state index contributed by atoms with van der Waals surface area (Å²) in [5, 5.41) is 0. The summed E-state index contributed by atoms with van der Waals surface area (Å²) in [6.07, 6.45) is 0.146. The predicted molar refractivity (Wildman–Crippen MR) is 103 cm³/mol. The Morgan fingerprint density at radius 3 is 2.71 bits per heavy atom. The highest BCUT2D eigenvalue weighted by molar-refractivity contribution is 5.85. The Kier molecular flexibility index (Phi) is 6.27. The van der Waals surface area contributed by atoms with Crippen molar-refractivity contribution in [1.82, 2.24) is 4.90 Å². The van der Waals surface area contributed by atoms with Crippen molar-refractivity contribution >= 4 is 18.1 Å². The summed E-state index contributed by atoms with van der Waals surface area (Å²) in [6, 6.07) is 15.2. The Balaban J connectivity index is 0.00000208. The van der Waals surface area contributed by atoms with E-state index < -0.39 is 0 Å². The smallest absolute Gasteiger partial charge is 0.0955 e. The topological polar surface area (TPSA) is 38.5 Å². The van der Waals surface area contributed by atoms with E-state index in [1.807, 2.05) is 12.1 Å². The Bertz CT molecular complexity index is 689. The summed E-state index contributed by atoms with van der Waals surface area (Å²) in [5.74, 6) is 0. The number of rotatable bonds is 3. The molecule has 1 saturated heterocycles. The van der Waals surface area contributed by atoms with Crippen LogP contribution in [0.2, 0.25) is 0 Å². The molecule has 3 nitrogen and oxygen atoms in total. The lowest BCUT2D eigenvalue weighted by molar-refractivity contribution is -0.0635. The number of hydrogen-bond donors (Lipinski definition) is 1. The predicted octanol–water partition coefficient (Wildman–Crippen LogP) is 4.27. The molecule has 0 spiro atoms. The van der Waals surface area contributed by atoms with Gasteiger partial charge in [0.15, 0.2) is 0 Å². The normalized spacial score (nSPS) is 21.3. The Labute approximate surface area is 151 Å². The summed E-state index contributed by atoms with van der Waals surface area (Å²) in [7, 11) is 0. The van der Waals surface area contributed by atoms with Crippen LogP contribution in [-0.4, -0.2) is 24.1 Å². The number of ether oxygens (including phenoxy) is 1. The highest BCUT2D eigenvalue weighted by Crippen LogP contribution is 2.29. The second-order valence-corrected chi connectivity index (χ2v) is 6.71. The molecule has 2 atom stereocenters. The Morgan fingerprint density at radius 2 is 1.96 bits per heavy atom. The second-order valence-electron chi connectivity index (χ2n) is 6.71. The molecule has 24 heavy (non-hydrogen) atoms. The molecule has 0 bridgehead atoms. The fourth-order valence-corrected chi connectivity index (χ4v) is 3.25. The van der Waals surface area contributed by atoms with Gasteiger partial charge >= 0.3 is 0 Å². The summed E-state index contributed by atoms with van der Waals surface area (Å²) in [6.45, 7) is 9.13. The first-order valence-corrected chi connectivity index (χ1v) is 8.30. The van der Waals surface area contributed by atoms with Gasteiger partial charge in [0.2, 0.25) is 0 Å². The zero-order chi connectivity index (χ0) is 16.4. The molecule has 2 aromatic rings. The summed E-state index contributed by atoms with van der Waals surface area (Å²) in [4.78, 5) is 2.49. The van der Waals surface area contributed by atoms with Gasteiger partial charge < -0.3 is 10.5 Å². The molecule has 0 aliphatic carbocycles. The molecule has 130 valence electrons. The number of aryl methyl sites for hydroxylation is 2. The summed E-state index contributed by atoms with van der Waals surface area (Å²) >= 11 is 0. The van der Waals surface area contributed by atoms with Gasteiger partial charge in [0, 0.05) is 24.8 Å². The lowest BCUT2D eigenvalue weighted by atomic mass is 9.98. The number of nitrogen functional groups attached to an aromatic ring is 1. The van der Waals surface area contributed by atoms with E-state index in [0.717, 1.165) is 25.4 Å². The highest BCUT2D eigenvalue weighted by atomic mass is 35.5. The van der Waals surface area contributed by atoms with Gasteiger partial charge in [-0.25, -0.2) is 0 Å². The number of nitrogens with zero attached hydrogens (tertiary/aromatic N) is 1. The van der Waals surface area contributed by atoms with Gasteiger partial charge in [-0.2, -0.15) is 0 Å². The van der Waals surface area contributed by atoms with Crippen molar-refractivity contribution < 1.29 is 4.74 Å². The Morgan fingerprint density at radius 1 is 1.17 bits per heavy atom. The molecular formula is C20H27ClN2O. The average molecular weight is 347 g/mol. The molecule has 1 aliphatic rings. The quantitative estimate of drug-likeness (QED) is 0.843. The molecule has 2 N–H and O–H groups in total. The number of halogens is 1. The molecule has 4 heteroatoms. The van der Waals surface area contributed by atoms with Gasteiger partial charge in [-0.1, -0.05) is 35.9 Å². The molecule has 0 radical (unpaired) electrons. The minimum atomic E-state index is 0. The van der Waals surface area contributed by atoms with Crippen molar-refractivity contribution in [2.45, 2.75) is 39.5 Å². The van der Waals surface area contributed by atoms with Gasteiger partial charge in [-0.15, -0.1) is 12.4 Å². The van der Waals surface area contributed by atoms with Gasteiger partial charge in [-0.3, -0.25) is 4.90 Å². The van der Waals surface area contributed by atoms with Crippen LogP contribution in [0.1, 0.15) is 35.3 Å². The minimum absolute atomic E-state index is 0. The third kappa shape index (κ3) is 4.29. The van der Waals surface area contributed by atoms with Gasteiger partial charge in [0.05, 0.1) is 12.7 Å². The minimum Gasteiger partial charge on any atom is -0.399 e. The van der Waals surface area contributed by atoms with Crippen molar-refractivity contribution in [3.05, 3.63) is 64.7 Å². The zero-order valence-corrected chi connectivity index (χ0v) is 15.5. The van der Waals surface area contributed by atoms with Crippen LogP contribution in [-0.2, 0) is 11.3 Å². The largest absolute Gasteiger partial charge is 0.399 e. The molecule has 1 heterocycles. The van der Waals surface area contributed by atoms with Crippen molar-refractivity contribution in [2.75, 3.05) is 18.9 Å². The first kappa shape index (κ1) is 18.8.